The molecule has 0 bridgehead atoms. The Morgan fingerprint density at radius 1 is 1.00 bits per heavy atom. The van der Waals surface area contributed by atoms with Gasteiger partial charge in [-0.1, -0.05) is 29.8 Å². The van der Waals surface area contributed by atoms with Crippen molar-refractivity contribution in [1.82, 2.24) is 5.01 Å². The Labute approximate surface area is 184 Å². The second-order valence-electron chi connectivity index (χ2n) is 7.39. The van der Waals surface area contributed by atoms with Gasteiger partial charge in [0.15, 0.2) is 11.5 Å². The van der Waals surface area contributed by atoms with Gasteiger partial charge in [-0.15, -0.1) is 0 Å². The fourth-order valence-electron chi connectivity index (χ4n) is 4.13. The molecule has 5 rings (SSSR count). The van der Waals surface area contributed by atoms with Crippen molar-refractivity contribution >= 4 is 17.3 Å². The fourth-order valence-corrected chi connectivity index (χ4v) is 4.31. The molecule has 0 amide bonds. The minimum atomic E-state index is -0.683. The number of hydrazone groups is 1. The molecule has 31 heavy (non-hydrogen) atoms. The fraction of sp³-hybridized carbons (Fsp3) is 0.208. The minimum Gasteiger partial charge on any atom is -0.493 e. The van der Waals surface area contributed by atoms with E-state index in [4.69, 9.17) is 30.9 Å². The normalized spacial score (nSPS) is 19.2. The first-order valence-electron chi connectivity index (χ1n) is 9.88. The van der Waals surface area contributed by atoms with E-state index in [0.29, 0.717) is 34.3 Å². The molecule has 0 spiro atoms. The third kappa shape index (κ3) is 3.37. The summed E-state index contributed by atoms with van der Waals surface area (Å²) in [4.78, 5) is 0. The Morgan fingerprint density at radius 2 is 1.81 bits per heavy atom. The number of ether oxygens (including phenoxy) is 3. The van der Waals surface area contributed by atoms with E-state index in [0.717, 1.165) is 16.8 Å². The second kappa shape index (κ2) is 7.78. The van der Waals surface area contributed by atoms with Crippen molar-refractivity contribution < 1.29 is 18.6 Å². The summed E-state index contributed by atoms with van der Waals surface area (Å²) >= 11 is 6.27. The summed E-state index contributed by atoms with van der Waals surface area (Å²) in [5.74, 6) is 1.62. The third-order valence-electron chi connectivity index (χ3n) is 5.64. The minimum absolute atomic E-state index is 0.129. The smallest absolute Gasteiger partial charge is 0.216 e. The molecule has 2 heterocycles. The van der Waals surface area contributed by atoms with Gasteiger partial charge in [-0.3, -0.25) is 0 Å². The number of fused-ring (bicyclic) bond motifs is 3. The Hall–Kier alpha value is -3.25. The van der Waals surface area contributed by atoms with Crippen molar-refractivity contribution in [3.63, 3.8) is 0 Å². The number of benzene rings is 3. The third-order valence-corrected chi connectivity index (χ3v) is 5.88. The highest BCUT2D eigenvalue weighted by atomic mass is 35.5. The second-order valence-corrected chi connectivity index (χ2v) is 7.83. The van der Waals surface area contributed by atoms with Gasteiger partial charge in [0.05, 0.1) is 31.5 Å². The van der Waals surface area contributed by atoms with Crippen LogP contribution >= 0.6 is 11.6 Å². The summed E-state index contributed by atoms with van der Waals surface area (Å²) < 4.78 is 31.7. The summed E-state index contributed by atoms with van der Waals surface area (Å²) in [6, 6.07) is 17.7. The van der Waals surface area contributed by atoms with Crippen LogP contribution in [0.1, 0.15) is 35.4 Å². The van der Waals surface area contributed by atoms with Crippen molar-refractivity contribution in [3.8, 4) is 17.2 Å². The summed E-state index contributed by atoms with van der Waals surface area (Å²) in [6.07, 6.45) is -0.0607. The zero-order valence-corrected chi connectivity index (χ0v) is 17.8. The maximum absolute atomic E-state index is 14.7. The zero-order valence-electron chi connectivity index (χ0n) is 17.0. The number of methoxy groups -OCH3 is 2. The van der Waals surface area contributed by atoms with Crippen LogP contribution in [0.4, 0.5) is 4.39 Å². The molecule has 5 nitrogen and oxygen atoms in total. The van der Waals surface area contributed by atoms with E-state index >= 15 is 0 Å². The first-order valence-corrected chi connectivity index (χ1v) is 10.3. The van der Waals surface area contributed by atoms with E-state index in [2.05, 4.69) is 0 Å². The summed E-state index contributed by atoms with van der Waals surface area (Å²) in [5.41, 5.74) is 3.12. The van der Waals surface area contributed by atoms with Crippen molar-refractivity contribution in [2.45, 2.75) is 18.7 Å². The average molecular weight is 439 g/mol. The van der Waals surface area contributed by atoms with Gasteiger partial charge < -0.3 is 14.2 Å². The van der Waals surface area contributed by atoms with E-state index in [1.807, 2.05) is 35.3 Å². The van der Waals surface area contributed by atoms with Gasteiger partial charge in [0, 0.05) is 22.6 Å². The molecular formula is C24H20ClFN2O3. The first-order chi connectivity index (χ1) is 15.1. The number of rotatable bonds is 4. The standard InChI is InChI=1S/C24H20ClFN2O3/c1-29-22-9-7-14(11-23(22)30-2)19-13-20-17-12-15(25)8-10-21(17)31-24(28(20)27-19)16-5-3-4-6-18(16)26/h3-12,20,24H,13H2,1-2H3/t20-,24-/m0/s1. The van der Waals surface area contributed by atoms with E-state index in [9.17, 15) is 4.39 Å². The van der Waals surface area contributed by atoms with Crippen LogP contribution in [0, 0.1) is 5.82 Å². The molecule has 7 heteroatoms. The topological polar surface area (TPSA) is 43.3 Å². The van der Waals surface area contributed by atoms with Crippen molar-refractivity contribution in [2.75, 3.05) is 14.2 Å². The van der Waals surface area contributed by atoms with E-state index in [-0.39, 0.29) is 11.9 Å². The van der Waals surface area contributed by atoms with Gasteiger partial charge in [0.1, 0.15) is 11.6 Å². The maximum atomic E-state index is 14.7. The average Bonchev–Trinajstić information content (AvgIpc) is 3.24. The lowest BCUT2D eigenvalue weighted by molar-refractivity contribution is -0.0211. The SMILES string of the molecule is COc1ccc(C2=NN3[C@@H](C2)c2cc(Cl)ccc2O[C@H]3c2ccccc2F)cc1OC. The molecule has 3 aromatic rings. The van der Waals surface area contributed by atoms with Gasteiger partial charge >= 0.3 is 0 Å². The van der Waals surface area contributed by atoms with E-state index < -0.39 is 6.23 Å². The number of hydrogen-bond acceptors (Lipinski definition) is 5. The van der Waals surface area contributed by atoms with Crippen LogP contribution in [0.15, 0.2) is 65.8 Å². The van der Waals surface area contributed by atoms with Gasteiger partial charge in [-0.2, -0.15) is 5.10 Å². The molecule has 2 atom stereocenters. The van der Waals surface area contributed by atoms with Crippen LogP contribution in [0.5, 0.6) is 17.2 Å². The Bertz CT molecular complexity index is 1180. The largest absolute Gasteiger partial charge is 0.493 e. The summed E-state index contributed by atoms with van der Waals surface area (Å²) in [6.45, 7) is 0. The predicted molar refractivity (Wildman–Crippen MR) is 117 cm³/mol. The Kier molecular flexibility index (Phi) is 4.94. The van der Waals surface area contributed by atoms with Crippen molar-refractivity contribution in [3.05, 3.63) is 88.2 Å². The van der Waals surface area contributed by atoms with Gasteiger partial charge in [-0.05, 0) is 42.5 Å². The van der Waals surface area contributed by atoms with Gasteiger partial charge in [0.25, 0.3) is 0 Å². The molecule has 0 fully saturated rings. The molecular weight excluding hydrogens is 419 g/mol. The van der Waals surface area contributed by atoms with E-state index in [1.165, 1.54) is 6.07 Å². The van der Waals surface area contributed by atoms with E-state index in [1.54, 1.807) is 38.5 Å². The highest BCUT2D eigenvalue weighted by molar-refractivity contribution is 6.30. The van der Waals surface area contributed by atoms with Crippen LogP contribution < -0.4 is 14.2 Å². The molecule has 0 saturated heterocycles. The zero-order chi connectivity index (χ0) is 21.5. The number of nitrogens with zero attached hydrogens (tertiary/aromatic N) is 2. The van der Waals surface area contributed by atoms with Crippen LogP contribution in [-0.4, -0.2) is 24.9 Å². The molecule has 3 aromatic carbocycles. The van der Waals surface area contributed by atoms with Crippen molar-refractivity contribution in [2.24, 2.45) is 5.10 Å². The highest BCUT2D eigenvalue weighted by Gasteiger charge is 2.42. The quantitative estimate of drug-likeness (QED) is 0.521. The molecule has 2 aliphatic rings. The van der Waals surface area contributed by atoms with Crippen LogP contribution in [-0.2, 0) is 0 Å². The summed E-state index contributed by atoms with van der Waals surface area (Å²) in [5, 5.41) is 7.30. The maximum Gasteiger partial charge on any atom is 0.216 e. The Morgan fingerprint density at radius 3 is 2.58 bits per heavy atom. The monoisotopic (exact) mass is 438 g/mol. The molecule has 0 N–H and O–H groups in total. The molecule has 0 saturated carbocycles. The first kappa shape index (κ1) is 19.7. The van der Waals surface area contributed by atoms with Crippen LogP contribution in [0.2, 0.25) is 5.02 Å². The lowest BCUT2D eigenvalue weighted by Gasteiger charge is -2.38. The molecule has 0 aromatic heterocycles. The predicted octanol–water partition coefficient (Wildman–Crippen LogP) is 5.74. The van der Waals surface area contributed by atoms with Crippen LogP contribution in [0.25, 0.3) is 0 Å². The van der Waals surface area contributed by atoms with Gasteiger partial charge in [0.2, 0.25) is 6.23 Å². The van der Waals surface area contributed by atoms with Gasteiger partial charge in [-0.25, -0.2) is 9.40 Å². The molecule has 0 aliphatic carbocycles. The lowest BCUT2D eigenvalue weighted by Crippen LogP contribution is -2.34. The molecule has 0 unspecified atom stereocenters. The molecule has 0 radical (unpaired) electrons. The molecule has 2 aliphatic heterocycles. The number of hydrogen-bond donors (Lipinski definition) is 0. The number of halogens is 2. The van der Waals surface area contributed by atoms with Crippen molar-refractivity contribution in [1.29, 1.82) is 0 Å². The molecule has 158 valence electrons. The summed E-state index contributed by atoms with van der Waals surface area (Å²) in [7, 11) is 3.20. The highest BCUT2D eigenvalue weighted by Crippen LogP contribution is 2.48. The van der Waals surface area contributed by atoms with Crippen LogP contribution in [0.3, 0.4) is 0 Å². The Balaban J connectivity index is 1.60. The lowest BCUT2D eigenvalue weighted by atomic mass is 9.95.